The summed E-state index contributed by atoms with van der Waals surface area (Å²) in [4.78, 5) is 34.1. The number of hydrogen-bond donors (Lipinski definition) is 2. The largest absolute Gasteiger partial charge is 0.444 e. The highest BCUT2D eigenvalue weighted by Crippen LogP contribution is 2.24. The number of halogens is 1. The smallest absolute Gasteiger partial charge is 0.412 e. The van der Waals surface area contributed by atoms with E-state index in [1.165, 1.54) is 12.1 Å². The second kappa shape index (κ2) is 8.05. The average Bonchev–Trinajstić information content (AvgIpc) is 2.54. The molecule has 0 bridgehead atoms. The van der Waals surface area contributed by atoms with E-state index in [4.69, 9.17) is 16.3 Å². The molecular formula is C18H18ClN3O5. The molecule has 0 atom stereocenters. The van der Waals surface area contributed by atoms with Crippen LogP contribution in [-0.4, -0.2) is 22.5 Å². The first kappa shape index (κ1) is 20.2. The number of anilines is 2. The molecule has 2 N–H and O–H groups in total. The van der Waals surface area contributed by atoms with Crippen molar-refractivity contribution < 1.29 is 19.2 Å². The maximum atomic E-state index is 12.3. The molecule has 0 saturated heterocycles. The van der Waals surface area contributed by atoms with Gasteiger partial charge >= 0.3 is 6.09 Å². The number of amides is 2. The molecule has 0 heterocycles. The Kier molecular flexibility index (Phi) is 6.02. The topological polar surface area (TPSA) is 111 Å². The van der Waals surface area contributed by atoms with Gasteiger partial charge in [0.1, 0.15) is 5.60 Å². The molecule has 0 saturated carbocycles. The van der Waals surface area contributed by atoms with Gasteiger partial charge in [0.2, 0.25) is 0 Å². The van der Waals surface area contributed by atoms with Crippen molar-refractivity contribution in [3.63, 3.8) is 0 Å². The molecule has 0 aliphatic carbocycles. The summed E-state index contributed by atoms with van der Waals surface area (Å²) >= 11 is 5.94. The number of nitrogens with zero attached hydrogens (tertiary/aromatic N) is 1. The van der Waals surface area contributed by atoms with Crippen LogP contribution in [0.15, 0.2) is 42.5 Å². The molecule has 0 fully saturated rings. The lowest BCUT2D eigenvalue weighted by molar-refractivity contribution is -0.384. The number of carbonyl (C=O) groups is 2. The van der Waals surface area contributed by atoms with Crippen molar-refractivity contribution in [2.24, 2.45) is 0 Å². The molecule has 0 aromatic heterocycles. The highest BCUT2D eigenvalue weighted by Gasteiger charge is 2.17. The van der Waals surface area contributed by atoms with Crippen molar-refractivity contribution in [3.8, 4) is 0 Å². The van der Waals surface area contributed by atoms with Crippen LogP contribution >= 0.6 is 11.6 Å². The van der Waals surface area contributed by atoms with Gasteiger partial charge in [-0.1, -0.05) is 11.6 Å². The summed E-state index contributed by atoms with van der Waals surface area (Å²) in [5.41, 5.74) is 0.259. The van der Waals surface area contributed by atoms with E-state index in [9.17, 15) is 19.7 Å². The Morgan fingerprint density at radius 2 is 1.59 bits per heavy atom. The third kappa shape index (κ3) is 5.96. The SMILES string of the molecule is CC(C)(C)OC(=O)Nc1ccc(NC(=O)c2ccc([N+](=O)[O-])cc2Cl)cc1. The number of nitro groups is 1. The molecular weight excluding hydrogens is 374 g/mol. The molecule has 0 aliphatic rings. The number of rotatable bonds is 4. The lowest BCUT2D eigenvalue weighted by atomic mass is 10.2. The van der Waals surface area contributed by atoms with Gasteiger partial charge in [-0.3, -0.25) is 20.2 Å². The Morgan fingerprint density at radius 1 is 1.04 bits per heavy atom. The van der Waals surface area contributed by atoms with E-state index in [0.717, 1.165) is 6.07 Å². The summed E-state index contributed by atoms with van der Waals surface area (Å²) in [6.07, 6.45) is -0.586. The second-order valence-electron chi connectivity index (χ2n) is 6.58. The summed E-state index contributed by atoms with van der Waals surface area (Å²) in [5, 5.41) is 15.9. The number of nitro benzene ring substituents is 1. The van der Waals surface area contributed by atoms with Crippen molar-refractivity contribution in [1.29, 1.82) is 0 Å². The Hall–Kier alpha value is -3.13. The lowest BCUT2D eigenvalue weighted by Gasteiger charge is -2.19. The second-order valence-corrected chi connectivity index (χ2v) is 6.99. The van der Waals surface area contributed by atoms with Crippen LogP contribution in [0.3, 0.4) is 0 Å². The van der Waals surface area contributed by atoms with Crippen LogP contribution in [0.1, 0.15) is 31.1 Å². The fourth-order valence-corrected chi connectivity index (χ4v) is 2.32. The molecule has 27 heavy (non-hydrogen) atoms. The standard InChI is InChI=1S/C18H18ClN3O5/c1-18(2,3)27-17(24)21-12-6-4-11(5-7-12)20-16(23)14-9-8-13(22(25)26)10-15(14)19/h4-10H,1-3H3,(H,20,23)(H,21,24). The Bertz CT molecular complexity index is 876. The number of hydrogen-bond acceptors (Lipinski definition) is 5. The van der Waals surface area contributed by atoms with Gasteiger partial charge in [0.15, 0.2) is 0 Å². The molecule has 2 rings (SSSR count). The van der Waals surface area contributed by atoms with Gasteiger partial charge in [-0.05, 0) is 51.1 Å². The van der Waals surface area contributed by atoms with E-state index in [0.29, 0.717) is 11.4 Å². The van der Waals surface area contributed by atoms with E-state index in [-0.39, 0.29) is 16.3 Å². The molecule has 2 aromatic carbocycles. The van der Waals surface area contributed by atoms with Gasteiger partial charge in [-0.2, -0.15) is 0 Å². The van der Waals surface area contributed by atoms with E-state index >= 15 is 0 Å². The Labute approximate surface area is 160 Å². The molecule has 8 nitrogen and oxygen atoms in total. The molecule has 9 heteroatoms. The molecule has 0 spiro atoms. The first-order valence-corrected chi connectivity index (χ1v) is 8.28. The Morgan fingerprint density at radius 3 is 2.07 bits per heavy atom. The minimum Gasteiger partial charge on any atom is -0.444 e. The van der Waals surface area contributed by atoms with Crippen LogP contribution in [0.25, 0.3) is 0 Å². The summed E-state index contributed by atoms with van der Waals surface area (Å²) in [5.74, 6) is -0.511. The monoisotopic (exact) mass is 391 g/mol. The van der Waals surface area contributed by atoms with E-state index in [2.05, 4.69) is 10.6 Å². The van der Waals surface area contributed by atoms with Crippen molar-refractivity contribution >= 4 is 40.7 Å². The quantitative estimate of drug-likeness (QED) is 0.571. The third-order valence-corrected chi connectivity index (χ3v) is 3.51. The zero-order valence-corrected chi connectivity index (χ0v) is 15.7. The minimum atomic E-state index is -0.609. The van der Waals surface area contributed by atoms with Crippen molar-refractivity contribution in [2.75, 3.05) is 10.6 Å². The zero-order valence-electron chi connectivity index (χ0n) is 14.9. The van der Waals surface area contributed by atoms with Crippen molar-refractivity contribution in [2.45, 2.75) is 26.4 Å². The maximum Gasteiger partial charge on any atom is 0.412 e. The lowest BCUT2D eigenvalue weighted by Crippen LogP contribution is -2.27. The van der Waals surface area contributed by atoms with Gasteiger partial charge < -0.3 is 10.1 Å². The fourth-order valence-electron chi connectivity index (χ4n) is 2.06. The van der Waals surface area contributed by atoms with Gasteiger partial charge in [-0.25, -0.2) is 4.79 Å². The van der Waals surface area contributed by atoms with Crippen LogP contribution in [0.5, 0.6) is 0 Å². The number of non-ortho nitro benzene ring substituents is 1. The van der Waals surface area contributed by atoms with Gasteiger partial charge in [-0.15, -0.1) is 0 Å². The Balaban J connectivity index is 2.03. The molecule has 0 aliphatic heterocycles. The van der Waals surface area contributed by atoms with E-state index < -0.39 is 22.5 Å². The summed E-state index contributed by atoms with van der Waals surface area (Å²) in [6.45, 7) is 5.28. The summed E-state index contributed by atoms with van der Waals surface area (Å²) in [7, 11) is 0. The van der Waals surface area contributed by atoms with Gasteiger partial charge in [0.05, 0.1) is 15.5 Å². The highest BCUT2D eigenvalue weighted by atomic mass is 35.5. The number of ether oxygens (including phenoxy) is 1. The first-order valence-electron chi connectivity index (χ1n) is 7.90. The molecule has 0 unspecified atom stereocenters. The minimum absolute atomic E-state index is 0.0232. The predicted octanol–water partition coefficient (Wildman–Crippen LogP) is 4.85. The van der Waals surface area contributed by atoms with Crippen molar-refractivity contribution in [3.05, 3.63) is 63.2 Å². The third-order valence-electron chi connectivity index (χ3n) is 3.20. The van der Waals surface area contributed by atoms with Crippen LogP contribution in [0, 0.1) is 10.1 Å². The maximum absolute atomic E-state index is 12.3. The van der Waals surface area contributed by atoms with Crippen LogP contribution < -0.4 is 10.6 Å². The summed E-state index contributed by atoms with van der Waals surface area (Å²) < 4.78 is 5.15. The molecule has 2 aromatic rings. The number of carbonyl (C=O) groups excluding carboxylic acids is 2. The molecule has 142 valence electrons. The number of nitrogens with one attached hydrogen (secondary N) is 2. The fraction of sp³-hybridized carbons (Fsp3) is 0.222. The highest BCUT2D eigenvalue weighted by molar-refractivity contribution is 6.34. The van der Waals surface area contributed by atoms with E-state index in [1.807, 2.05) is 0 Å². The van der Waals surface area contributed by atoms with Crippen LogP contribution in [-0.2, 0) is 4.74 Å². The molecule has 2 amide bonds. The van der Waals surface area contributed by atoms with Gasteiger partial charge in [0.25, 0.3) is 11.6 Å². The van der Waals surface area contributed by atoms with Crippen LogP contribution in [0.2, 0.25) is 5.02 Å². The molecule has 0 radical (unpaired) electrons. The summed E-state index contributed by atoms with van der Waals surface area (Å²) in [6, 6.07) is 9.97. The van der Waals surface area contributed by atoms with Crippen LogP contribution in [0.4, 0.5) is 21.9 Å². The van der Waals surface area contributed by atoms with E-state index in [1.54, 1.807) is 45.0 Å². The van der Waals surface area contributed by atoms with Gasteiger partial charge in [0, 0.05) is 23.5 Å². The van der Waals surface area contributed by atoms with Crippen molar-refractivity contribution in [1.82, 2.24) is 0 Å². The average molecular weight is 392 g/mol. The predicted molar refractivity (Wildman–Crippen MR) is 102 cm³/mol. The normalized spacial score (nSPS) is 10.8. The number of benzene rings is 2. The zero-order chi connectivity index (χ0) is 20.2. The first-order chi connectivity index (χ1) is 12.5.